The van der Waals surface area contributed by atoms with Gasteiger partial charge in [-0.1, -0.05) is 0 Å². The summed E-state index contributed by atoms with van der Waals surface area (Å²) in [5, 5.41) is 16.8. The van der Waals surface area contributed by atoms with Crippen LogP contribution in [0.15, 0.2) is 17.2 Å². The van der Waals surface area contributed by atoms with Crippen molar-refractivity contribution in [1.29, 1.82) is 0 Å². The number of phenolic OH excluding ortho intramolecular Hbond substituents is 1. The molecule has 0 spiro atoms. The van der Waals surface area contributed by atoms with Gasteiger partial charge in [0.25, 0.3) is 0 Å². The highest BCUT2D eigenvalue weighted by Gasteiger charge is 2.01. The number of nitrogens with zero attached hydrogens (tertiary/aromatic N) is 1. The highest BCUT2D eigenvalue weighted by Crippen LogP contribution is 2.21. The van der Waals surface area contributed by atoms with Gasteiger partial charge in [-0.15, -0.1) is 0 Å². The maximum atomic E-state index is 9.59. The van der Waals surface area contributed by atoms with Gasteiger partial charge < -0.3 is 10.4 Å². The molecule has 0 aliphatic heterocycles. The second-order valence-electron chi connectivity index (χ2n) is 3.45. The lowest BCUT2D eigenvalue weighted by Crippen LogP contribution is -2.28. The summed E-state index contributed by atoms with van der Waals surface area (Å²) in [7, 11) is 1.72. The largest absolute Gasteiger partial charge is 0.507 e. The molecule has 1 rings (SSSR count). The van der Waals surface area contributed by atoms with Crippen LogP contribution < -0.4 is 10.7 Å². The molecule has 0 saturated carbocycles. The van der Waals surface area contributed by atoms with E-state index in [1.54, 1.807) is 13.3 Å². The molecular formula is C11H15N3OS. The quantitative estimate of drug-likeness (QED) is 0.414. The number of aromatic hydroxyl groups is 1. The molecule has 3 N–H and O–H groups in total. The number of thiocarbonyl (C=S) groups is 1. The number of nitrogens with one attached hydrogen (secondary N) is 2. The fraction of sp³-hybridized carbons (Fsp3) is 0.273. The molecule has 0 fully saturated rings. The molecule has 0 amide bonds. The van der Waals surface area contributed by atoms with Gasteiger partial charge in [0.2, 0.25) is 0 Å². The summed E-state index contributed by atoms with van der Waals surface area (Å²) in [6.07, 6.45) is 1.66. The predicted octanol–water partition coefficient (Wildman–Crippen LogP) is 1.44. The molecule has 0 heterocycles. The van der Waals surface area contributed by atoms with Crippen molar-refractivity contribution in [3.05, 3.63) is 28.8 Å². The number of phenols is 1. The standard InChI is InChI=1S/C11H15N3OS/c1-7-4-9(5-8(2)10(7)15)6-13-14-11(16)12-3/h4-6,15H,1-3H3,(H2,12,14,16)/b13-6+. The SMILES string of the molecule is CNC(=S)N/N=C/c1cc(C)c(O)c(C)c1. The van der Waals surface area contributed by atoms with E-state index in [1.165, 1.54) is 0 Å². The van der Waals surface area contributed by atoms with E-state index in [0.29, 0.717) is 10.9 Å². The molecule has 0 unspecified atom stereocenters. The molecule has 0 aromatic heterocycles. The van der Waals surface area contributed by atoms with Crippen LogP contribution in [0.25, 0.3) is 0 Å². The smallest absolute Gasteiger partial charge is 0.186 e. The van der Waals surface area contributed by atoms with Gasteiger partial charge in [-0.25, -0.2) is 0 Å². The Kier molecular flexibility index (Phi) is 4.25. The molecule has 0 radical (unpaired) electrons. The molecule has 0 bridgehead atoms. The molecule has 0 aliphatic carbocycles. The van der Waals surface area contributed by atoms with Crippen molar-refractivity contribution in [3.63, 3.8) is 0 Å². The first-order valence-electron chi connectivity index (χ1n) is 4.85. The Balaban J connectivity index is 2.78. The van der Waals surface area contributed by atoms with Crippen LogP contribution in [0.1, 0.15) is 16.7 Å². The van der Waals surface area contributed by atoms with E-state index in [9.17, 15) is 5.11 Å². The Labute approximate surface area is 100 Å². The molecule has 5 heteroatoms. The van der Waals surface area contributed by atoms with Crippen LogP contribution >= 0.6 is 12.2 Å². The van der Waals surface area contributed by atoms with Crippen LogP contribution in [0.4, 0.5) is 0 Å². The molecule has 16 heavy (non-hydrogen) atoms. The zero-order valence-electron chi connectivity index (χ0n) is 9.53. The number of aryl methyl sites for hydroxylation is 2. The topological polar surface area (TPSA) is 56.7 Å². The van der Waals surface area contributed by atoms with Crippen LogP contribution in [0.3, 0.4) is 0 Å². The third-order valence-corrected chi connectivity index (χ3v) is 2.42. The van der Waals surface area contributed by atoms with Crippen LogP contribution in [0, 0.1) is 13.8 Å². The van der Waals surface area contributed by atoms with Gasteiger partial charge in [0.1, 0.15) is 5.75 Å². The fourth-order valence-corrected chi connectivity index (χ4v) is 1.34. The molecule has 0 saturated heterocycles. The van der Waals surface area contributed by atoms with Crippen molar-refractivity contribution in [3.8, 4) is 5.75 Å². The number of rotatable bonds is 2. The summed E-state index contributed by atoms with van der Waals surface area (Å²) in [6.45, 7) is 3.71. The lowest BCUT2D eigenvalue weighted by atomic mass is 10.1. The average Bonchev–Trinajstić information content (AvgIpc) is 2.25. The zero-order chi connectivity index (χ0) is 12.1. The second-order valence-corrected chi connectivity index (χ2v) is 3.86. The zero-order valence-corrected chi connectivity index (χ0v) is 10.4. The van der Waals surface area contributed by atoms with E-state index in [0.717, 1.165) is 16.7 Å². The van der Waals surface area contributed by atoms with E-state index < -0.39 is 0 Å². The summed E-state index contributed by atoms with van der Waals surface area (Å²) in [5.74, 6) is 0.329. The molecular weight excluding hydrogens is 222 g/mol. The highest BCUT2D eigenvalue weighted by molar-refractivity contribution is 7.80. The first-order valence-corrected chi connectivity index (χ1v) is 5.26. The van der Waals surface area contributed by atoms with Crippen LogP contribution in [0.5, 0.6) is 5.75 Å². The van der Waals surface area contributed by atoms with E-state index in [-0.39, 0.29) is 0 Å². The van der Waals surface area contributed by atoms with E-state index >= 15 is 0 Å². The third-order valence-electron chi connectivity index (χ3n) is 2.12. The van der Waals surface area contributed by atoms with Gasteiger partial charge in [0.05, 0.1) is 6.21 Å². The summed E-state index contributed by atoms with van der Waals surface area (Å²) in [4.78, 5) is 0. The van der Waals surface area contributed by atoms with Crippen LogP contribution in [-0.2, 0) is 0 Å². The van der Waals surface area contributed by atoms with Crippen molar-refractivity contribution in [2.75, 3.05) is 7.05 Å². The Morgan fingerprint density at radius 1 is 1.38 bits per heavy atom. The van der Waals surface area contributed by atoms with Crippen molar-refractivity contribution in [2.24, 2.45) is 5.10 Å². The minimum Gasteiger partial charge on any atom is -0.507 e. The Morgan fingerprint density at radius 3 is 2.44 bits per heavy atom. The van der Waals surface area contributed by atoms with Crippen LogP contribution in [-0.4, -0.2) is 23.5 Å². The summed E-state index contributed by atoms with van der Waals surface area (Å²) < 4.78 is 0. The van der Waals surface area contributed by atoms with E-state index in [4.69, 9.17) is 12.2 Å². The maximum Gasteiger partial charge on any atom is 0.186 e. The van der Waals surface area contributed by atoms with Gasteiger partial charge in [0.15, 0.2) is 5.11 Å². The van der Waals surface area contributed by atoms with Crippen molar-refractivity contribution in [2.45, 2.75) is 13.8 Å². The van der Waals surface area contributed by atoms with Gasteiger partial charge in [0, 0.05) is 7.05 Å². The average molecular weight is 237 g/mol. The van der Waals surface area contributed by atoms with Crippen molar-refractivity contribution >= 4 is 23.5 Å². The highest BCUT2D eigenvalue weighted by atomic mass is 32.1. The van der Waals surface area contributed by atoms with Crippen molar-refractivity contribution < 1.29 is 5.11 Å². The number of hydrogen-bond acceptors (Lipinski definition) is 3. The Morgan fingerprint density at radius 2 is 1.94 bits per heavy atom. The molecule has 0 atom stereocenters. The first kappa shape index (κ1) is 12.4. The number of benzene rings is 1. The molecule has 0 aliphatic rings. The molecule has 1 aromatic rings. The summed E-state index contributed by atoms with van der Waals surface area (Å²) in [6, 6.07) is 3.71. The summed E-state index contributed by atoms with van der Waals surface area (Å²) >= 11 is 4.87. The lowest BCUT2D eigenvalue weighted by Gasteiger charge is -2.04. The van der Waals surface area contributed by atoms with Gasteiger partial charge >= 0.3 is 0 Å². The molecule has 4 nitrogen and oxygen atoms in total. The van der Waals surface area contributed by atoms with Gasteiger partial charge in [-0.2, -0.15) is 5.10 Å². The monoisotopic (exact) mass is 237 g/mol. The fourth-order valence-electron chi connectivity index (χ4n) is 1.29. The van der Waals surface area contributed by atoms with Crippen molar-refractivity contribution in [1.82, 2.24) is 10.7 Å². The lowest BCUT2D eigenvalue weighted by molar-refractivity contribution is 0.467. The minimum absolute atomic E-state index is 0.329. The Hall–Kier alpha value is -1.62. The first-order chi connectivity index (χ1) is 7.54. The molecule has 1 aromatic carbocycles. The maximum absolute atomic E-state index is 9.59. The Bertz CT molecular complexity index is 406. The minimum atomic E-state index is 0.329. The number of hydrogen-bond donors (Lipinski definition) is 3. The van der Waals surface area contributed by atoms with Gasteiger partial charge in [-0.05, 0) is 54.9 Å². The van der Waals surface area contributed by atoms with Crippen LogP contribution in [0.2, 0.25) is 0 Å². The third kappa shape index (κ3) is 3.20. The predicted molar refractivity (Wildman–Crippen MR) is 70.0 cm³/mol. The van der Waals surface area contributed by atoms with E-state index in [1.807, 2.05) is 26.0 Å². The normalized spacial score (nSPS) is 10.4. The summed E-state index contributed by atoms with van der Waals surface area (Å²) in [5.41, 5.74) is 5.24. The molecule has 86 valence electrons. The van der Waals surface area contributed by atoms with Gasteiger partial charge in [-0.3, -0.25) is 5.43 Å². The van der Waals surface area contributed by atoms with E-state index in [2.05, 4.69) is 15.8 Å². The second kappa shape index (κ2) is 5.46. The number of hydrazone groups is 1.